The number of amides is 1. The number of hydrogen-bond donors (Lipinski definition) is 1. The van der Waals surface area contributed by atoms with Gasteiger partial charge in [0.2, 0.25) is 0 Å². The van der Waals surface area contributed by atoms with Gasteiger partial charge in [-0.2, -0.15) is 0 Å². The van der Waals surface area contributed by atoms with E-state index in [1.807, 2.05) is 48.5 Å². The van der Waals surface area contributed by atoms with Gasteiger partial charge in [-0.1, -0.05) is 40.2 Å². The van der Waals surface area contributed by atoms with Gasteiger partial charge in [0.05, 0.1) is 5.56 Å². The predicted molar refractivity (Wildman–Crippen MR) is 91.1 cm³/mol. The lowest BCUT2D eigenvalue weighted by Crippen LogP contribution is -2.13. The van der Waals surface area contributed by atoms with Crippen molar-refractivity contribution in [3.05, 3.63) is 63.2 Å². The maximum absolute atomic E-state index is 12.1. The maximum atomic E-state index is 12.1. The molecule has 0 bridgehead atoms. The molecular weight excluding hydrogens is 417 g/mol. The SMILES string of the molecule is O=C(Nc1ccc(CCBr)cc1)c1ccccc1I. The first-order chi connectivity index (χ1) is 9.20. The molecular formula is C15H13BrINO. The highest BCUT2D eigenvalue weighted by Gasteiger charge is 2.09. The molecule has 0 saturated carbocycles. The summed E-state index contributed by atoms with van der Waals surface area (Å²) in [7, 11) is 0. The summed E-state index contributed by atoms with van der Waals surface area (Å²) >= 11 is 5.58. The van der Waals surface area contributed by atoms with E-state index in [2.05, 4.69) is 43.8 Å². The summed E-state index contributed by atoms with van der Waals surface area (Å²) < 4.78 is 0.952. The zero-order chi connectivity index (χ0) is 13.7. The van der Waals surface area contributed by atoms with Gasteiger partial charge < -0.3 is 5.32 Å². The van der Waals surface area contributed by atoms with Gasteiger partial charge in [0, 0.05) is 14.6 Å². The molecule has 4 heteroatoms. The Morgan fingerprint density at radius 3 is 2.42 bits per heavy atom. The Morgan fingerprint density at radius 1 is 1.11 bits per heavy atom. The van der Waals surface area contributed by atoms with Gasteiger partial charge in [-0.05, 0) is 58.8 Å². The molecule has 0 heterocycles. The molecule has 19 heavy (non-hydrogen) atoms. The number of benzene rings is 2. The third-order valence-electron chi connectivity index (χ3n) is 2.71. The third kappa shape index (κ3) is 4.04. The zero-order valence-corrected chi connectivity index (χ0v) is 13.9. The Morgan fingerprint density at radius 2 is 1.79 bits per heavy atom. The second-order valence-electron chi connectivity index (χ2n) is 4.07. The first-order valence-electron chi connectivity index (χ1n) is 5.91. The number of hydrogen-bond acceptors (Lipinski definition) is 1. The molecule has 98 valence electrons. The van der Waals surface area contributed by atoms with Crippen molar-refractivity contribution in [2.45, 2.75) is 6.42 Å². The molecule has 0 aliphatic heterocycles. The number of aryl methyl sites for hydroxylation is 1. The average molecular weight is 430 g/mol. The zero-order valence-electron chi connectivity index (χ0n) is 10.2. The molecule has 2 aromatic carbocycles. The summed E-state index contributed by atoms with van der Waals surface area (Å²) in [5.41, 5.74) is 2.78. The largest absolute Gasteiger partial charge is 0.322 e. The molecule has 0 aliphatic carbocycles. The van der Waals surface area contributed by atoms with Gasteiger partial charge in [-0.15, -0.1) is 0 Å². The van der Waals surface area contributed by atoms with Gasteiger partial charge >= 0.3 is 0 Å². The van der Waals surface area contributed by atoms with Crippen molar-refractivity contribution in [2.75, 3.05) is 10.6 Å². The lowest BCUT2D eigenvalue weighted by atomic mass is 10.1. The number of alkyl halides is 1. The van der Waals surface area contributed by atoms with Crippen molar-refractivity contribution in [3.8, 4) is 0 Å². The fourth-order valence-corrected chi connectivity index (χ4v) is 2.80. The molecule has 0 spiro atoms. The van der Waals surface area contributed by atoms with Gasteiger partial charge in [-0.25, -0.2) is 0 Å². The second kappa shape index (κ2) is 7.05. The summed E-state index contributed by atoms with van der Waals surface area (Å²) in [6.07, 6.45) is 0.991. The summed E-state index contributed by atoms with van der Waals surface area (Å²) in [5.74, 6) is -0.0711. The predicted octanol–water partition coefficient (Wildman–Crippen LogP) is 4.48. The molecule has 0 atom stereocenters. The van der Waals surface area contributed by atoms with Gasteiger partial charge in [0.1, 0.15) is 0 Å². The van der Waals surface area contributed by atoms with Crippen LogP contribution in [0.4, 0.5) is 5.69 Å². The van der Waals surface area contributed by atoms with E-state index in [4.69, 9.17) is 0 Å². The summed E-state index contributed by atoms with van der Waals surface area (Å²) in [6, 6.07) is 15.5. The molecule has 2 rings (SSSR count). The monoisotopic (exact) mass is 429 g/mol. The molecule has 0 radical (unpaired) electrons. The van der Waals surface area contributed by atoms with Crippen LogP contribution in [0.15, 0.2) is 48.5 Å². The van der Waals surface area contributed by atoms with E-state index in [0.29, 0.717) is 5.56 Å². The van der Waals surface area contributed by atoms with Crippen LogP contribution in [0.1, 0.15) is 15.9 Å². The van der Waals surface area contributed by atoms with E-state index >= 15 is 0 Å². The van der Waals surface area contributed by atoms with Crippen LogP contribution in [0.5, 0.6) is 0 Å². The summed E-state index contributed by atoms with van der Waals surface area (Å²) in [6.45, 7) is 0. The van der Waals surface area contributed by atoms with E-state index in [-0.39, 0.29) is 5.91 Å². The summed E-state index contributed by atoms with van der Waals surface area (Å²) in [5, 5.41) is 3.86. The molecule has 0 unspecified atom stereocenters. The highest BCUT2D eigenvalue weighted by atomic mass is 127. The topological polar surface area (TPSA) is 29.1 Å². The Labute approximate surface area is 134 Å². The molecule has 2 aromatic rings. The first-order valence-corrected chi connectivity index (χ1v) is 8.11. The fourth-order valence-electron chi connectivity index (χ4n) is 1.71. The fraction of sp³-hybridized carbons (Fsp3) is 0.133. The lowest BCUT2D eigenvalue weighted by Gasteiger charge is -2.07. The van der Waals surface area contributed by atoms with Crippen molar-refractivity contribution in [3.63, 3.8) is 0 Å². The molecule has 0 fully saturated rings. The van der Waals surface area contributed by atoms with Crippen LogP contribution in [0.3, 0.4) is 0 Å². The van der Waals surface area contributed by atoms with Crippen molar-refractivity contribution in [2.24, 2.45) is 0 Å². The van der Waals surface area contributed by atoms with Crippen LogP contribution in [-0.4, -0.2) is 11.2 Å². The Kier molecular flexibility index (Phi) is 5.39. The van der Waals surface area contributed by atoms with Gasteiger partial charge in [-0.3, -0.25) is 4.79 Å². The van der Waals surface area contributed by atoms with Crippen LogP contribution in [-0.2, 0) is 6.42 Å². The van der Waals surface area contributed by atoms with Crippen molar-refractivity contribution < 1.29 is 4.79 Å². The van der Waals surface area contributed by atoms with Crippen LogP contribution >= 0.6 is 38.5 Å². The Balaban J connectivity index is 2.09. The standard InChI is InChI=1S/C15H13BrINO/c16-10-9-11-5-7-12(8-6-11)18-15(19)13-3-1-2-4-14(13)17/h1-8H,9-10H2,(H,18,19). The van der Waals surface area contributed by atoms with Crippen LogP contribution in [0.25, 0.3) is 0 Å². The lowest BCUT2D eigenvalue weighted by molar-refractivity contribution is 0.102. The number of carbonyl (C=O) groups is 1. The molecule has 2 nitrogen and oxygen atoms in total. The van der Waals surface area contributed by atoms with Crippen molar-refractivity contribution >= 4 is 50.1 Å². The van der Waals surface area contributed by atoms with E-state index < -0.39 is 0 Å². The highest BCUT2D eigenvalue weighted by Crippen LogP contribution is 2.15. The smallest absolute Gasteiger partial charge is 0.256 e. The molecule has 0 aromatic heterocycles. The van der Waals surface area contributed by atoms with E-state index in [0.717, 1.165) is 21.0 Å². The van der Waals surface area contributed by atoms with E-state index in [9.17, 15) is 4.79 Å². The normalized spacial score (nSPS) is 10.2. The number of rotatable bonds is 4. The quantitative estimate of drug-likeness (QED) is 0.563. The minimum Gasteiger partial charge on any atom is -0.322 e. The molecule has 1 N–H and O–H groups in total. The van der Waals surface area contributed by atoms with Crippen molar-refractivity contribution in [1.82, 2.24) is 0 Å². The highest BCUT2D eigenvalue weighted by molar-refractivity contribution is 14.1. The average Bonchev–Trinajstić information content (AvgIpc) is 2.42. The van der Waals surface area contributed by atoms with Gasteiger partial charge in [0.25, 0.3) is 5.91 Å². The van der Waals surface area contributed by atoms with Crippen LogP contribution in [0.2, 0.25) is 0 Å². The number of carbonyl (C=O) groups excluding carboxylic acids is 1. The Bertz CT molecular complexity index is 569. The molecule has 0 saturated heterocycles. The minimum absolute atomic E-state index is 0.0711. The van der Waals surface area contributed by atoms with Gasteiger partial charge in [0.15, 0.2) is 0 Å². The van der Waals surface area contributed by atoms with Crippen molar-refractivity contribution in [1.29, 1.82) is 0 Å². The summed E-state index contributed by atoms with van der Waals surface area (Å²) in [4.78, 5) is 12.1. The molecule has 1 amide bonds. The maximum Gasteiger partial charge on any atom is 0.256 e. The second-order valence-corrected chi connectivity index (χ2v) is 6.03. The number of nitrogens with one attached hydrogen (secondary N) is 1. The first kappa shape index (κ1) is 14.5. The Hall–Kier alpha value is -0.880. The van der Waals surface area contributed by atoms with E-state index in [1.165, 1.54) is 5.56 Å². The molecule has 0 aliphatic rings. The van der Waals surface area contributed by atoms with E-state index in [1.54, 1.807) is 0 Å². The van der Waals surface area contributed by atoms with Crippen LogP contribution < -0.4 is 5.32 Å². The third-order valence-corrected chi connectivity index (χ3v) is 4.05. The minimum atomic E-state index is -0.0711. The number of anilines is 1. The number of halogens is 2. The van der Waals surface area contributed by atoms with Crippen LogP contribution in [0, 0.1) is 3.57 Å².